The third kappa shape index (κ3) is 3.07. The van der Waals surface area contributed by atoms with Crippen molar-refractivity contribution in [2.24, 2.45) is 5.92 Å². The number of amides is 1. The summed E-state index contributed by atoms with van der Waals surface area (Å²) in [6, 6.07) is 6.09. The van der Waals surface area contributed by atoms with Crippen LogP contribution in [0.1, 0.15) is 23.2 Å². The van der Waals surface area contributed by atoms with E-state index in [1.54, 1.807) is 24.1 Å². The molecule has 1 unspecified atom stereocenters. The van der Waals surface area contributed by atoms with Gasteiger partial charge in [-0.3, -0.25) is 4.79 Å². The zero-order valence-electron chi connectivity index (χ0n) is 10.6. The summed E-state index contributed by atoms with van der Waals surface area (Å²) < 4.78 is 18.9. The highest BCUT2D eigenvalue weighted by molar-refractivity contribution is 5.94. The van der Waals surface area contributed by atoms with Gasteiger partial charge in [0.05, 0.1) is 12.2 Å². The minimum absolute atomic E-state index is 0.136. The van der Waals surface area contributed by atoms with Crippen molar-refractivity contribution in [3.05, 3.63) is 35.6 Å². The van der Waals surface area contributed by atoms with Gasteiger partial charge in [0.2, 0.25) is 0 Å². The van der Waals surface area contributed by atoms with Gasteiger partial charge in [-0.05, 0) is 30.9 Å². The summed E-state index contributed by atoms with van der Waals surface area (Å²) in [6.07, 6.45) is 2.10. The first-order chi connectivity index (χ1) is 8.68. The molecule has 0 aliphatic carbocycles. The van der Waals surface area contributed by atoms with E-state index in [1.807, 2.05) is 0 Å². The van der Waals surface area contributed by atoms with E-state index in [-0.39, 0.29) is 11.5 Å². The molecule has 1 atom stereocenters. The number of benzene rings is 1. The lowest BCUT2D eigenvalue weighted by Crippen LogP contribution is -2.35. The van der Waals surface area contributed by atoms with Gasteiger partial charge in [-0.1, -0.05) is 12.1 Å². The largest absolute Gasteiger partial charge is 0.381 e. The first kappa shape index (κ1) is 13.0. The van der Waals surface area contributed by atoms with Crippen molar-refractivity contribution < 1.29 is 13.9 Å². The van der Waals surface area contributed by atoms with Gasteiger partial charge < -0.3 is 9.64 Å². The Balaban J connectivity index is 1.98. The fraction of sp³-hybridized carbons (Fsp3) is 0.500. The van der Waals surface area contributed by atoms with Crippen LogP contribution in [0.4, 0.5) is 4.39 Å². The van der Waals surface area contributed by atoms with E-state index in [2.05, 4.69) is 0 Å². The van der Waals surface area contributed by atoms with Crippen molar-refractivity contribution >= 4 is 5.91 Å². The SMILES string of the molecule is CN(CC1CCCOC1)C(=O)c1ccccc1F. The molecule has 1 amide bonds. The second-order valence-corrected chi connectivity index (χ2v) is 4.75. The molecule has 0 saturated carbocycles. The lowest BCUT2D eigenvalue weighted by Gasteiger charge is -2.27. The van der Waals surface area contributed by atoms with Crippen LogP contribution in [0.5, 0.6) is 0 Å². The molecule has 18 heavy (non-hydrogen) atoms. The molecule has 1 aromatic rings. The Hall–Kier alpha value is -1.42. The molecule has 0 spiro atoms. The summed E-state index contributed by atoms with van der Waals surface area (Å²) in [6.45, 7) is 2.11. The van der Waals surface area contributed by atoms with Crippen molar-refractivity contribution in [1.82, 2.24) is 4.90 Å². The average molecular weight is 251 g/mol. The van der Waals surface area contributed by atoms with Crippen molar-refractivity contribution in [3.63, 3.8) is 0 Å². The molecule has 0 bridgehead atoms. The minimum atomic E-state index is -0.464. The van der Waals surface area contributed by atoms with Crippen LogP contribution in [0.2, 0.25) is 0 Å². The highest BCUT2D eigenvalue weighted by Gasteiger charge is 2.21. The van der Waals surface area contributed by atoms with Crippen LogP contribution >= 0.6 is 0 Å². The van der Waals surface area contributed by atoms with Crippen molar-refractivity contribution in [2.45, 2.75) is 12.8 Å². The third-order valence-corrected chi connectivity index (χ3v) is 3.24. The van der Waals surface area contributed by atoms with E-state index in [1.165, 1.54) is 12.1 Å². The quantitative estimate of drug-likeness (QED) is 0.825. The van der Waals surface area contributed by atoms with E-state index in [0.29, 0.717) is 19.1 Å². The molecule has 1 fully saturated rings. The predicted octanol–water partition coefficient (Wildman–Crippen LogP) is 2.32. The number of nitrogens with zero attached hydrogens (tertiary/aromatic N) is 1. The Kier molecular flexibility index (Phi) is 4.31. The lowest BCUT2D eigenvalue weighted by molar-refractivity contribution is 0.0387. The Labute approximate surface area is 107 Å². The summed E-state index contributed by atoms with van der Waals surface area (Å²) in [5, 5.41) is 0. The molecular formula is C14H18FNO2. The van der Waals surface area contributed by atoms with E-state index in [4.69, 9.17) is 4.74 Å². The molecule has 2 rings (SSSR count). The Morgan fingerprint density at radius 1 is 1.50 bits per heavy atom. The van der Waals surface area contributed by atoms with Crippen LogP contribution in [0, 0.1) is 11.7 Å². The van der Waals surface area contributed by atoms with Gasteiger partial charge in [-0.2, -0.15) is 0 Å². The normalized spacial score (nSPS) is 19.6. The number of rotatable bonds is 3. The van der Waals surface area contributed by atoms with E-state index >= 15 is 0 Å². The van der Waals surface area contributed by atoms with Crippen LogP contribution < -0.4 is 0 Å². The molecule has 98 valence electrons. The molecule has 1 aromatic carbocycles. The van der Waals surface area contributed by atoms with Crippen LogP contribution in [0.3, 0.4) is 0 Å². The number of ether oxygens (including phenoxy) is 1. The number of hydrogen-bond acceptors (Lipinski definition) is 2. The van der Waals surface area contributed by atoms with Crippen LogP contribution in [-0.2, 0) is 4.74 Å². The Bertz CT molecular complexity index is 416. The lowest BCUT2D eigenvalue weighted by atomic mass is 10.0. The van der Waals surface area contributed by atoms with Gasteiger partial charge >= 0.3 is 0 Å². The zero-order valence-corrected chi connectivity index (χ0v) is 10.6. The molecule has 4 heteroatoms. The van der Waals surface area contributed by atoms with Gasteiger partial charge in [0, 0.05) is 20.2 Å². The smallest absolute Gasteiger partial charge is 0.256 e. The maximum atomic E-state index is 13.5. The fourth-order valence-electron chi connectivity index (χ4n) is 2.26. The summed E-state index contributed by atoms with van der Waals surface area (Å²) in [7, 11) is 1.71. The topological polar surface area (TPSA) is 29.5 Å². The van der Waals surface area contributed by atoms with E-state index < -0.39 is 5.82 Å². The van der Waals surface area contributed by atoms with Gasteiger partial charge in [0.15, 0.2) is 0 Å². The first-order valence-electron chi connectivity index (χ1n) is 6.26. The van der Waals surface area contributed by atoms with Gasteiger partial charge in [0.1, 0.15) is 5.82 Å². The Morgan fingerprint density at radius 2 is 2.28 bits per heavy atom. The van der Waals surface area contributed by atoms with Crippen LogP contribution in [0.15, 0.2) is 24.3 Å². The average Bonchev–Trinajstić information content (AvgIpc) is 2.39. The maximum absolute atomic E-state index is 13.5. The van der Waals surface area contributed by atoms with Crippen LogP contribution in [-0.4, -0.2) is 37.6 Å². The zero-order chi connectivity index (χ0) is 13.0. The predicted molar refractivity (Wildman–Crippen MR) is 66.9 cm³/mol. The molecule has 1 aliphatic heterocycles. The third-order valence-electron chi connectivity index (χ3n) is 3.24. The summed E-state index contributed by atoms with van der Waals surface area (Å²) in [5.74, 6) is -0.368. The second-order valence-electron chi connectivity index (χ2n) is 4.75. The summed E-state index contributed by atoms with van der Waals surface area (Å²) in [4.78, 5) is 13.7. The molecule has 3 nitrogen and oxygen atoms in total. The van der Waals surface area contributed by atoms with E-state index in [0.717, 1.165) is 19.4 Å². The summed E-state index contributed by atoms with van der Waals surface area (Å²) in [5.41, 5.74) is 0.136. The molecule has 1 aliphatic rings. The molecule has 1 saturated heterocycles. The van der Waals surface area contributed by atoms with E-state index in [9.17, 15) is 9.18 Å². The van der Waals surface area contributed by atoms with Gasteiger partial charge in [0.25, 0.3) is 5.91 Å². The molecule has 1 heterocycles. The number of halogens is 1. The first-order valence-corrected chi connectivity index (χ1v) is 6.26. The molecule has 0 radical (unpaired) electrons. The second kappa shape index (κ2) is 5.96. The van der Waals surface area contributed by atoms with Crippen molar-refractivity contribution in [3.8, 4) is 0 Å². The minimum Gasteiger partial charge on any atom is -0.381 e. The molecule has 0 aromatic heterocycles. The highest BCUT2D eigenvalue weighted by atomic mass is 19.1. The van der Waals surface area contributed by atoms with Crippen molar-refractivity contribution in [2.75, 3.05) is 26.8 Å². The monoisotopic (exact) mass is 251 g/mol. The van der Waals surface area contributed by atoms with Crippen LogP contribution in [0.25, 0.3) is 0 Å². The number of hydrogen-bond donors (Lipinski definition) is 0. The van der Waals surface area contributed by atoms with Gasteiger partial charge in [-0.15, -0.1) is 0 Å². The highest BCUT2D eigenvalue weighted by Crippen LogP contribution is 2.16. The van der Waals surface area contributed by atoms with Gasteiger partial charge in [-0.25, -0.2) is 4.39 Å². The van der Waals surface area contributed by atoms with Crippen molar-refractivity contribution in [1.29, 1.82) is 0 Å². The molecular weight excluding hydrogens is 233 g/mol. The molecule has 0 N–H and O–H groups in total. The summed E-state index contributed by atoms with van der Waals surface area (Å²) >= 11 is 0. The number of carbonyl (C=O) groups is 1. The standard InChI is InChI=1S/C14H18FNO2/c1-16(9-11-5-4-8-18-10-11)14(17)12-6-2-3-7-13(12)15/h2-3,6-7,11H,4-5,8-10H2,1H3. The fourth-order valence-corrected chi connectivity index (χ4v) is 2.26. The maximum Gasteiger partial charge on any atom is 0.256 e. The number of carbonyl (C=O) groups excluding carboxylic acids is 1. The Morgan fingerprint density at radius 3 is 2.94 bits per heavy atom.